The van der Waals surface area contributed by atoms with Gasteiger partial charge in [-0.2, -0.15) is 0 Å². The topological polar surface area (TPSA) is 49.4 Å². The number of nitrogens with zero attached hydrogens (tertiary/aromatic N) is 1. The van der Waals surface area contributed by atoms with E-state index in [4.69, 9.17) is 0 Å². The average Bonchev–Trinajstić information content (AvgIpc) is 1.75. The Labute approximate surface area is 67.6 Å². The van der Waals surface area contributed by atoms with Crippen molar-refractivity contribution in [1.29, 1.82) is 0 Å². The minimum atomic E-state index is -2.98. The molecule has 4 nitrogen and oxygen atoms in total. The van der Waals surface area contributed by atoms with Gasteiger partial charge in [-0.05, 0) is 13.0 Å². The summed E-state index contributed by atoms with van der Waals surface area (Å²) < 4.78 is 23.8. The molecule has 1 aliphatic rings. The van der Waals surface area contributed by atoms with Crippen LogP contribution >= 0.6 is 0 Å². The third-order valence-electron chi connectivity index (χ3n) is 1.77. The zero-order valence-corrected chi connectivity index (χ0v) is 7.69. The van der Waals surface area contributed by atoms with Gasteiger partial charge in [0.15, 0.2) is 0 Å². The van der Waals surface area contributed by atoms with Crippen molar-refractivity contribution in [2.45, 2.75) is 0 Å². The van der Waals surface area contributed by atoms with Crippen LogP contribution in [0.15, 0.2) is 0 Å². The fourth-order valence-electron chi connectivity index (χ4n) is 1.23. The number of hydrogen-bond acceptors (Lipinski definition) is 3. The van der Waals surface area contributed by atoms with Gasteiger partial charge in [-0.3, -0.25) is 0 Å². The molecule has 0 spiro atoms. The average molecular weight is 178 g/mol. The van der Waals surface area contributed by atoms with E-state index in [0.29, 0.717) is 12.5 Å². The maximum atomic E-state index is 10.6. The summed E-state index contributed by atoms with van der Waals surface area (Å²) in [7, 11) is -0.957. The number of nitrogens with one attached hydrogen (secondary N) is 1. The first-order valence-corrected chi connectivity index (χ1v) is 5.50. The maximum absolute atomic E-state index is 10.6. The van der Waals surface area contributed by atoms with Gasteiger partial charge in [-0.15, -0.1) is 0 Å². The molecule has 0 amide bonds. The van der Waals surface area contributed by atoms with Gasteiger partial charge in [0.05, 0.1) is 6.26 Å². The fourth-order valence-corrected chi connectivity index (χ4v) is 1.76. The second-order valence-electron chi connectivity index (χ2n) is 3.21. The van der Waals surface area contributed by atoms with Crippen LogP contribution in [0.1, 0.15) is 0 Å². The van der Waals surface area contributed by atoms with E-state index in [2.05, 4.69) is 9.62 Å². The second-order valence-corrected chi connectivity index (χ2v) is 5.04. The first-order chi connectivity index (χ1) is 4.97. The van der Waals surface area contributed by atoms with Crippen molar-refractivity contribution in [2.24, 2.45) is 5.92 Å². The summed E-state index contributed by atoms with van der Waals surface area (Å²) in [6, 6.07) is 0. The highest BCUT2D eigenvalue weighted by Crippen LogP contribution is 2.10. The highest BCUT2D eigenvalue weighted by Gasteiger charge is 2.23. The lowest BCUT2D eigenvalue weighted by Crippen LogP contribution is -2.48. The molecule has 0 aromatic carbocycles. The van der Waals surface area contributed by atoms with Crippen LogP contribution in [0.3, 0.4) is 0 Å². The summed E-state index contributed by atoms with van der Waals surface area (Å²) in [4.78, 5) is 2.16. The molecule has 5 heteroatoms. The molecule has 0 unspecified atom stereocenters. The zero-order valence-electron chi connectivity index (χ0n) is 6.87. The van der Waals surface area contributed by atoms with Gasteiger partial charge >= 0.3 is 0 Å². The van der Waals surface area contributed by atoms with E-state index in [1.807, 2.05) is 7.05 Å². The van der Waals surface area contributed by atoms with Gasteiger partial charge in [0.1, 0.15) is 0 Å². The molecule has 0 bridgehead atoms. The normalized spacial score (nSPS) is 21.6. The monoisotopic (exact) mass is 178 g/mol. The van der Waals surface area contributed by atoms with Crippen molar-refractivity contribution in [3.8, 4) is 0 Å². The van der Waals surface area contributed by atoms with Crippen molar-refractivity contribution in [3.05, 3.63) is 0 Å². The van der Waals surface area contributed by atoms with E-state index in [-0.39, 0.29) is 0 Å². The molecule has 1 rings (SSSR count). The molecule has 0 aromatic heterocycles. The minimum absolute atomic E-state index is 0.509. The van der Waals surface area contributed by atoms with Gasteiger partial charge in [0.25, 0.3) is 0 Å². The molecule has 0 aliphatic carbocycles. The molecule has 1 saturated heterocycles. The van der Waals surface area contributed by atoms with Crippen LogP contribution in [0.25, 0.3) is 0 Å². The smallest absolute Gasteiger partial charge is 0.208 e. The van der Waals surface area contributed by atoms with Crippen LogP contribution in [0.5, 0.6) is 0 Å². The summed E-state index contributed by atoms with van der Waals surface area (Å²) in [5.41, 5.74) is 0. The van der Waals surface area contributed by atoms with Gasteiger partial charge in [0.2, 0.25) is 10.0 Å². The van der Waals surface area contributed by atoms with E-state index < -0.39 is 10.0 Å². The Morgan fingerprint density at radius 3 is 2.45 bits per heavy atom. The van der Waals surface area contributed by atoms with Crippen LogP contribution in [0.4, 0.5) is 0 Å². The molecule has 0 saturated carbocycles. The third kappa shape index (κ3) is 3.18. The number of sulfonamides is 1. The van der Waals surface area contributed by atoms with E-state index in [1.165, 1.54) is 6.26 Å². The number of likely N-dealkylation sites (tertiary alicyclic amines) is 1. The van der Waals surface area contributed by atoms with Gasteiger partial charge in [0, 0.05) is 19.6 Å². The second kappa shape index (κ2) is 3.08. The first kappa shape index (κ1) is 8.96. The Bertz CT molecular complexity index is 219. The Morgan fingerprint density at radius 2 is 2.09 bits per heavy atom. The molecular formula is C6H14N2O2S. The third-order valence-corrected chi connectivity index (χ3v) is 2.46. The van der Waals surface area contributed by atoms with Gasteiger partial charge in [-0.1, -0.05) is 0 Å². The van der Waals surface area contributed by atoms with Crippen LogP contribution in [-0.4, -0.2) is 46.3 Å². The van der Waals surface area contributed by atoms with Gasteiger partial charge < -0.3 is 4.90 Å². The van der Waals surface area contributed by atoms with E-state index in [0.717, 1.165) is 13.1 Å². The Morgan fingerprint density at radius 1 is 1.55 bits per heavy atom. The molecule has 0 atom stereocenters. The standard InChI is InChI=1S/C6H14N2O2S/c1-8-4-6(5-8)3-7-11(2,9)10/h6-7H,3-5H2,1-2H3. The summed E-state index contributed by atoms with van der Waals surface area (Å²) in [6.07, 6.45) is 1.19. The molecule has 1 fully saturated rings. The lowest BCUT2D eigenvalue weighted by molar-refractivity contribution is 0.138. The lowest BCUT2D eigenvalue weighted by Gasteiger charge is -2.35. The Balaban J connectivity index is 2.15. The summed E-state index contributed by atoms with van der Waals surface area (Å²) in [5, 5.41) is 0. The fraction of sp³-hybridized carbons (Fsp3) is 1.00. The first-order valence-electron chi connectivity index (χ1n) is 3.60. The maximum Gasteiger partial charge on any atom is 0.208 e. The molecule has 0 radical (unpaired) electrons. The predicted molar refractivity (Wildman–Crippen MR) is 43.8 cm³/mol. The van der Waals surface area contributed by atoms with Crippen LogP contribution in [-0.2, 0) is 10.0 Å². The van der Waals surface area contributed by atoms with Crippen LogP contribution in [0, 0.1) is 5.92 Å². The zero-order chi connectivity index (χ0) is 8.48. The Kier molecular flexibility index (Phi) is 2.51. The van der Waals surface area contributed by atoms with Crippen molar-refractivity contribution in [2.75, 3.05) is 32.9 Å². The molecule has 0 aromatic rings. The molecular weight excluding hydrogens is 164 g/mol. The molecule has 1 heterocycles. The number of hydrogen-bond donors (Lipinski definition) is 1. The molecule has 11 heavy (non-hydrogen) atoms. The summed E-state index contributed by atoms with van der Waals surface area (Å²) in [5.74, 6) is 0.509. The lowest BCUT2D eigenvalue weighted by atomic mass is 10.0. The van der Waals surface area contributed by atoms with E-state index in [1.54, 1.807) is 0 Å². The van der Waals surface area contributed by atoms with Gasteiger partial charge in [-0.25, -0.2) is 13.1 Å². The minimum Gasteiger partial charge on any atom is -0.306 e. The van der Waals surface area contributed by atoms with E-state index >= 15 is 0 Å². The van der Waals surface area contributed by atoms with Crippen molar-refractivity contribution in [3.63, 3.8) is 0 Å². The molecule has 66 valence electrons. The highest BCUT2D eigenvalue weighted by molar-refractivity contribution is 7.88. The summed E-state index contributed by atoms with van der Waals surface area (Å²) >= 11 is 0. The van der Waals surface area contributed by atoms with E-state index in [9.17, 15) is 8.42 Å². The predicted octanol–water partition coefficient (Wildman–Crippen LogP) is -0.903. The molecule has 1 N–H and O–H groups in total. The summed E-state index contributed by atoms with van der Waals surface area (Å²) in [6.45, 7) is 2.59. The molecule has 1 aliphatic heterocycles. The van der Waals surface area contributed by atoms with Crippen molar-refractivity contribution in [1.82, 2.24) is 9.62 Å². The van der Waals surface area contributed by atoms with Crippen LogP contribution < -0.4 is 4.72 Å². The number of rotatable bonds is 3. The quantitative estimate of drug-likeness (QED) is 0.609. The Hall–Kier alpha value is -0.130. The van der Waals surface area contributed by atoms with Crippen LogP contribution in [0.2, 0.25) is 0 Å². The van der Waals surface area contributed by atoms with Crippen molar-refractivity contribution >= 4 is 10.0 Å². The largest absolute Gasteiger partial charge is 0.306 e. The highest BCUT2D eigenvalue weighted by atomic mass is 32.2. The SMILES string of the molecule is CN1CC(CNS(C)(=O)=O)C1. The van der Waals surface area contributed by atoms with Crippen molar-refractivity contribution < 1.29 is 8.42 Å².